The molecule has 0 unspecified atom stereocenters. The molecule has 1 atom stereocenters. The number of nitrogens with one attached hydrogen (secondary N) is 1. The molecule has 0 fully saturated rings. The van der Waals surface area contributed by atoms with Crippen molar-refractivity contribution in [2.45, 2.75) is 32.7 Å². The Kier molecular flexibility index (Phi) is 7.14. The number of aromatic nitrogens is 1. The highest BCUT2D eigenvalue weighted by Gasteiger charge is 2.23. The van der Waals surface area contributed by atoms with Crippen LogP contribution in [0.15, 0.2) is 79.0 Å². The van der Waals surface area contributed by atoms with Gasteiger partial charge in [0.05, 0.1) is 0 Å². The molecule has 1 aromatic heterocycles. The van der Waals surface area contributed by atoms with Gasteiger partial charge in [-0.1, -0.05) is 67.9 Å². The van der Waals surface area contributed by atoms with Crippen LogP contribution in [0.3, 0.4) is 0 Å². The first-order valence-electron chi connectivity index (χ1n) is 11.2. The van der Waals surface area contributed by atoms with Crippen molar-refractivity contribution in [2.75, 3.05) is 6.54 Å². The Bertz CT molecular complexity index is 1250. The lowest BCUT2D eigenvalue weighted by atomic mass is 9.88. The zero-order valence-corrected chi connectivity index (χ0v) is 19.6. The maximum absolute atomic E-state index is 13.4. The number of hydrogen-bond donors (Lipinski definition) is 1. The number of benzene rings is 3. The van der Waals surface area contributed by atoms with Gasteiger partial charge in [0.1, 0.15) is 5.82 Å². The molecule has 1 heterocycles. The molecule has 4 aromatic rings. The van der Waals surface area contributed by atoms with Gasteiger partial charge in [0.15, 0.2) is 0 Å². The number of carbonyl (C=O) groups is 1. The summed E-state index contributed by atoms with van der Waals surface area (Å²) in [4.78, 5) is 12.9. The number of nitrogens with zero attached hydrogens (tertiary/aromatic N) is 1. The summed E-state index contributed by atoms with van der Waals surface area (Å²) in [7, 11) is 0. The van der Waals surface area contributed by atoms with Gasteiger partial charge < -0.3 is 9.88 Å². The molecule has 0 saturated carbocycles. The monoisotopic (exact) mass is 462 g/mol. The summed E-state index contributed by atoms with van der Waals surface area (Å²) in [5.74, 6) is 0.0145. The largest absolute Gasteiger partial charge is 0.356 e. The van der Waals surface area contributed by atoms with Gasteiger partial charge in [0, 0.05) is 47.6 Å². The third-order valence-corrected chi connectivity index (χ3v) is 6.04. The molecule has 4 rings (SSSR count). The SMILES string of the molecule is CC(C)CNC(=O)C[C@H](c1cccc(Cl)c1)c1cn(Cc2ccc(F)cc2)c2ccccc12. The molecule has 0 aliphatic rings. The average Bonchev–Trinajstić information content (AvgIpc) is 3.16. The van der Waals surface area contributed by atoms with Crippen molar-refractivity contribution in [3.05, 3.63) is 107 Å². The lowest BCUT2D eigenvalue weighted by Gasteiger charge is -2.18. The number of para-hydroxylation sites is 1. The fraction of sp³-hybridized carbons (Fsp3) is 0.250. The fourth-order valence-corrected chi connectivity index (χ4v) is 4.38. The van der Waals surface area contributed by atoms with Crippen LogP contribution in [0.1, 0.15) is 42.9 Å². The van der Waals surface area contributed by atoms with Gasteiger partial charge in [0.2, 0.25) is 5.91 Å². The van der Waals surface area contributed by atoms with Gasteiger partial charge in [-0.05, 0) is 52.9 Å². The summed E-state index contributed by atoms with van der Waals surface area (Å²) in [6.45, 7) is 5.42. The number of amides is 1. The van der Waals surface area contributed by atoms with Gasteiger partial charge in [-0.25, -0.2) is 4.39 Å². The molecule has 170 valence electrons. The van der Waals surface area contributed by atoms with Crippen LogP contribution >= 0.6 is 11.6 Å². The van der Waals surface area contributed by atoms with E-state index in [-0.39, 0.29) is 17.6 Å². The van der Waals surface area contributed by atoms with Crippen LogP contribution in [0.25, 0.3) is 10.9 Å². The standard InChI is InChI=1S/C28H28ClFN2O/c1-19(2)16-31-28(33)15-25(21-6-5-7-22(29)14-21)26-18-32(27-9-4-3-8-24(26)27)17-20-10-12-23(30)13-11-20/h3-14,18-19,25H,15-17H2,1-2H3,(H,31,33)/t25-/m1/s1. The van der Waals surface area contributed by atoms with E-state index in [4.69, 9.17) is 11.6 Å². The number of halogens is 2. The molecular weight excluding hydrogens is 435 g/mol. The maximum atomic E-state index is 13.4. The average molecular weight is 463 g/mol. The minimum Gasteiger partial charge on any atom is -0.356 e. The highest BCUT2D eigenvalue weighted by molar-refractivity contribution is 6.30. The van der Waals surface area contributed by atoms with E-state index in [0.717, 1.165) is 27.6 Å². The molecule has 1 N–H and O–H groups in total. The molecular formula is C28H28ClFN2O. The summed E-state index contributed by atoms with van der Waals surface area (Å²) in [6, 6.07) is 22.5. The third kappa shape index (κ3) is 5.63. The zero-order valence-electron chi connectivity index (χ0n) is 18.9. The van der Waals surface area contributed by atoms with E-state index in [2.05, 4.69) is 42.1 Å². The molecule has 5 heteroatoms. The molecule has 0 saturated heterocycles. The quantitative estimate of drug-likeness (QED) is 0.308. The first-order valence-corrected chi connectivity index (χ1v) is 11.6. The van der Waals surface area contributed by atoms with Crippen LogP contribution in [-0.2, 0) is 11.3 Å². The smallest absolute Gasteiger partial charge is 0.220 e. The highest BCUT2D eigenvalue weighted by atomic mass is 35.5. The summed E-state index contributed by atoms with van der Waals surface area (Å²) in [5, 5.41) is 4.80. The number of fused-ring (bicyclic) bond motifs is 1. The normalized spacial score (nSPS) is 12.3. The molecule has 3 nitrogen and oxygen atoms in total. The Balaban J connectivity index is 1.75. The molecule has 0 radical (unpaired) electrons. The lowest BCUT2D eigenvalue weighted by molar-refractivity contribution is -0.121. The minimum absolute atomic E-state index is 0.0176. The second kappa shape index (κ2) is 10.2. The second-order valence-electron chi connectivity index (χ2n) is 8.87. The molecule has 0 aliphatic carbocycles. The molecule has 0 spiro atoms. The lowest BCUT2D eigenvalue weighted by Crippen LogP contribution is -2.28. The van der Waals surface area contributed by atoms with Crippen molar-refractivity contribution in [3.63, 3.8) is 0 Å². The van der Waals surface area contributed by atoms with Gasteiger partial charge in [-0.3, -0.25) is 4.79 Å². The van der Waals surface area contributed by atoms with Gasteiger partial charge in [0.25, 0.3) is 0 Å². The molecule has 33 heavy (non-hydrogen) atoms. The van der Waals surface area contributed by atoms with Crippen LogP contribution in [0.5, 0.6) is 0 Å². The Hall–Kier alpha value is -3.11. The predicted molar refractivity (Wildman–Crippen MR) is 133 cm³/mol. The third-order valence-electron chi connectivity index (χ3n) is 5.81. The van der Waals surface area contributed by atoms with Crippen LogP contribution in [0.2, 0.25) is 5.02 Å². The summed E-state index contributed by atoms with van der Waals surface area (Å²) < 4.78 is 15.6. The topological polar surface area (TPSA) is 34.0 Å². The molecule has 3 aromatic carbocycles. The number of carbonyl (C=O) groups excluding carboxylic acids is 1. The Morgan fingerprint density at radius 3 is 2.52 bits per heavy atom. The first-order chi connectivity index (χ1) is 15.9. The number of hydrogen-bond acceptors (Lipinski definition) is 1. The molecule has 0 bridgehead atoms. The maximum Gasteiger partial charge on any atom is 0.220 e. The van der Waals surface area contributed by atoms with Crippen molar-refractivity contribution in [1.82, 2.24) is 9.88 Å². The first kappa shape index (κ1) is 23.1. The van der Waals surface area contributed by atoms with E-state index < -0.39 is 0 Å². The number of rotatable bonds is 8. The van der Waals surface area contributed by atoms with E-state index in [1.165, 1.54) is 12.1 Å². The van der Waals surface area contributed by atoms with Crippen LogP contribution < -0.4 is 5.32 Å². The summed E-state index contributed by atoms with van der Waals surface area (Å²) >= 11 is 6.32. The highest BCUT2D eigenvalue weighted by Crippen LogP contribution is 2.36. The Morgan fingerprint density at radius 1 is 1.03 bits per heavy atom. The van der Waals surface area contributed by atoms with E-state index in [0.29, 0.717) is 30.5 Å². The summed E-state index contributed by atoms with van der Waals surface area (Å²) in [6.07, 6.45) is 2.45. The van der Waals surface area contributed by atoms with Crippen molar-refractivity contribution in [2.24, 2.45) is 5.92 Å². The fourth-order valence-electron chi connectivity index (χ4n) is 4.18. The van der Waals surface area contributed by atoms with E-state index in [9.17, 15) is 9.18 Å². The van der Waals surface area contributed by atoms with Crippen molar-refractivity contribution >= 4 is 28.4 Å². The minimum atomic E-state index is -0.245. The van der Waals surface area contributed by atoms with Crippen LogP contribution in [0, 0.1) is 11.7 Å². The van der Waals surface area contributed by atoms with Crippen molar-refractivity contribution in [3.8, 4) is 0 Å². The van der Waals surface area contributed by atoms with E-state index in [1.807, 2.05) is 36.4 Å². The van der Waals surface area contributed by atoms with Gasteiger partial charge in [-0.15, -0.1) is 0 Å². The van der Waals surface area contributed by atoms with Gasteiger partial charge >= 0.3 is 0 Å². The summed E-state index contributed by atoms with van der Waals surface area (Å²) in [5.41, 5.74) is 4.17. The van der Waals surface area contributed by atoms with Crippen molar-refractivity contribution < 1.29 is 9.18 Å². The van der Waals surface area contributed by atoms with E-state index in [1.54, 1.807) is 12.1 Å². The van der Waals surface area contributed by atoms with Crippen molar-refractivity contribution in [1.29, 1.82) is 0 Å². The van der Waals surface area contributed by atoms with Crippen LogP contribution in [0.4, 0.5) is 4.39 Å². The van der Waals surface area contributed by atoms with E-state index >= 15 is 0 Å². The molecule has 0 aliphatic heterocycles. The van der Waals surface area contributed by atoms with Gasteiger partial charge in [-0.2, -0.15) is 0 Å². The zero-order chi connectivity index (χ0) is 23.4. The second-order valence-corrected chi connectivity index (χ2v) is 9.30. The molecule has 1 amide bonds. The predicted octanol–water partition coefficient (Wildman–Crippen LogP) is 6.78. The van der Waals surface area contributed by atoms with Crippen LogP contribution in [-0.4, -0.2) is 17.0 Å². The Labute approximate surface area is 199 Å². The Morgan fingerprint density at radius 2 is 1.79 bits per heavy atom.